The first kappa shape index (κ1) is 16.5. The van der Waals surface area contributed by atoms with Gasteiger partial charge in [0.2, 0.25) is 0 Å². The number of benzene rings is 1. The predicted molar refractivity (Wildman–Crippen MR) is 81.8 cm³/mol. The highest BCUT2D eigenvalue weighted by molar-refractivity contribution is 5.78. The minimum absolute atomic E-state index is 0.0222. The lowest BCUT2D eigenvalue weighted by Crippen LogP contribution is -2.44. The summed E-state index contributed by atoms with van der Waals surface area (Å²) in [5.74, 6) is 0.757. The summed E-state index contributed by atoms with van der Waals surface area (Å²) in [5.41, 5.74) is 1.14. The molecule has 0 saturated carbocycles. The van der Waals surface area contributed by atoms with Crippen LogP contribution in [0.2, 0.25) is 0 Å². The van der Waals surface area contributed by atoms with Gasteiger partial charge in [0.1, 0.15) is 5.75 Å². The van der Waals surface area contributed by atoms with Crippen molar-refractivity contribution in [3.05, 3.63) is 29.8 Å². The smallest absolute Gasteiger partial charge is 0.260 e. The van der Waals surface area contributed by atoms with Crippen LogP contribution in [0, 0.1) is 0 Å². The summed E-state index contributed by atoms with van der Waals surface area (Å²) in [7, 11) is 1.90. The number of ether oxygens (including phenoxy) is 1. The highest BCUT2D eigenvalue weighted by Gasteiger charge is 2.20. The molecule has 0 fully saturated rings. The molecule has 0 aliphatic heterocycles. The maximum Gasteiger partial charge on any atom is 0.260 e. The van der Waals surface area contributed by atoms with Crippen molar-refractivity contribution in [3.8, 4) is 5.75 Å². The van der Waals surface area contributed by atoms with E-state index in [9.17, 15) is 4.79 Å². The van der Waals surface area contributed by atoms with E-state index in [4.69, 9.17) is 4.74 Å². The number of hydrogen-bond acceptors (Lipinski definition) is 3. The Kier molecular flexibility index (Phi) is 6.52. The number of nitrogens with zero attached hydrogens (tertiary/aromatic N) is 1. The van der Waals surface area contributed by atoms with Crippen LogP contribution in [0.3, 0.4) is 0 Å². The molecule has 0 atom stereocenters. The molecular formula is C16H26N2O2. The van der Waals surface area contributed by atoms with Crippen molar-refractivity contribution in [2.45, 2.75) is 46.3 Å². The molecule has 1 N–H and O–H groups in total. The monoisotopic (exact) mass is 278 g/mol. The van der Waals surface area contributed by atoms with Gasteiger partial charge in [-0.05, 0) is 52.4 Å². The van der Waals surface area contributed by atoms with Crippen LogP contribution in [0.5, 0.6) is 5.75 Å². The first-order valence-electron chi connectivity index (χ1n) is 7.13. The van der Waals surface area contributed by atoms with Crippen molar-refractivity contribution in [2.24, 2.45) is 0 Å². The quantitative estimate of drug-likeness (QED) is 0.833. The molecule has 0 radical (unpaired) electrons. The van der Waals surface area contributed by atoms with Crippen LogP contribution in [-0.2, 0) is 11.3 Å². The van der Waals surface area contributed by atoms with Crippen molar-refractivity contribution in [3.63, 3.8) is 0 Å². The molecule has 112 valence electrons. The molecule has 4 nitrogen and oxygen atoms in total. The lowest BCUT2D eigenvalue weighted by Gasteiger charge is -2.30. The van der Waals surface area contributed by atoms with Gasteiger partial charge in [0.05, 0.1) is 0 Å². The fraction of sp³-hybridized carbons (Fsp3) is 0.562. The minimum Gasteiger partial charge on any atom is -0.484 e. The lowest BCUT2D eigenvalue weighted by molar-refractivity contribution is -0.136. The Morgan fingerprint density at radius 1 is 1.25 bits per heavy atom. The second-order valence-corrected chi connectivity index (χ2v) is 5.45. The largest absolute Gasteiger partial charge is 0.484 e. The molecule has 0 heterocycles. The predicted octanol–water partition coefficient (Wildman–Crippen LogP) is 2.43. The average molecular weight is 278 g/mol. The van der Waals surface area contributed by atoms with Gasteiger partial charge in [0.15, 0.2) is 6.61 Å². The summed E-state index contributed by atoms with van der Waals surface area (Å²) in [6.45, 7) is 8.95. The first-order chi connectivity index (χ1) is 9.45. The van der Waals surface area contributed by atoms with Gasteiger partial charge in [-0.15, -0.1) is 0 Å². The molecule has 1 aromatic rings. The van der Waals surface area contributed by atoms with Gasteiger partial charge >= 0.3 is 0 Å². The summed E-state index contributed by atoms with van der Waals surface area (Å²) in [6, 6.07) is 8.17. The third-order valence-electron chi connectivity index (χ3n) is 3.04. The summed E-state index contributed by atoms with van der Waals surface area (Å²) >= 11 is 0. The number of carbonyl (C=O) groups excluding carboxylic acids is 1. The van der Waals surface area contributed by atoms with Gasteiger partial charge in [-0.3, -0.25) is 4.79 Å². The minimum atomic E-state index is 0.0222. The number of nitrogens with one attached hydrogen (secondary N) is 1. The van der Waals surface area contributed by atoms with E-state index in [0.717, 1.165) is 17.9 Å². The molecule has 1 aromatic carbocycles. The molecule has 0 aliphatic rings. The summed E-state index contributed by atoms with van der Waals surface area (Å²) in [6.07, 6.45) is 0. The average Bonchev–Trinajstić information content (AvgIpc) is 2.36. The molecule has 4 heteroatoms. The van der Waals surface area contributed by atoms with E-state index in [2.05, 4.69) is 5.32 Å². The topological polar surface area (TPSA) is 41.6 Å². The van der Waals surface area contributed by atoms with Crippen LogP contribution in [0.15, 0.2) is 24.3 Å². The van der Waals surface area contributed by atoms with Crippen LogP contribution >= 0.6 is 0 Å². The number of hydrogen-bond donors (Lipinski definition) is 1. The maximum absolute atomic E-state index is 12.2. The highest BCUT2D eigenvalue weighted by Crippen LogP contribution is 2.14. The normalized spacial score (nSPS) is 10.9. The number of rotatable bonds is 7. The standard InChI is InChI=1S/C16H26N2O2/c1-12(2)18(13(3)4)16(19)11-20-15-8-6-7-14(9-15)10-17-5/h6-9,12-13,17H,10-11H2,1-5H3. The van der Waals surface area contributed by atoms with Crippen molar-refractivity contribution in [1.29, 1.82) is 0 Å². The Morgan fingerprint density at radius 2 is 1.90 bits per heavy atom. The molecule has 0 spiro atoms. The zero-order valence-electron chi connectivity index (χ0n) is 13.1. The molecule has 0 unspecified atom stereocenters. The van der Waals surface area contributed by atoms with Crippen LogP contribution in [0.4, 0.5) is 0 Å². The van der Waals surface area contributed by atoms with Gasteiger partial charge in [-0.2, -0.15) is 0 Å². The second kappa shape index (κ2) is 7.90. The Labute approximate surface area is 122 Å². The van der Waals surface area contributed by atoms with Crippen molar-refractivity contribution in [2.75, 3.05) is 13.7 Å². The van der Waals surface area contributed by atoms with E-state index in [1.165, 1.54) is 0 Å². The van der Waals surface area contributed by atoms with Gasteiger partial charge in [0.25, 0.3) is 5.91 Å². The van der Waals surface area contributed by atoms with E-state index in [1.807, 2.05) is 63.9 Å². The Balaban J connectivity index is 2.62. The van der Waals surface area contributed by atoms with Crippen LogP contribution < -0.4 is 10.1 Å². The third-order valence-corrected chi connectivity index (χ3v) is 3.04. The van der Waals surface area contributed by atoms with Gasteiger partial charge in [-0.25, -0.2) is 0 Å². The zero-order chi connectivity index (χ0) is 15.1. The highest BCUT2D eigenvalue weighted by atomic mass is 16.5. The SMILES string of the molecule is CNCc1cccc(OCC(=O)N(C(C)C)C(C)C)c1. The molecule has 0 aromatic heterocycles. The van der Waals surface area contributed by atoms with Crippen molar-refractivity contribution < 1.29 is 9.53 Å². The van der Waals surface area contributed by atoms with E-state index in [-0.39, 0.29) is 24.6 Å². The van der Waals surface area contributed by atoms with Gasteiger partial charge in [-0.1, -0.05) is 12.1 Å². The summed E-state index contributed by atoms with van der Waals surface area (Å²) in [5, 5.41) is 3.09. The molecule has 0 aliphatic carbocycles. The van der Waals surface area contributed by atoms with E-state index < -0.39 is 0 Å². The van der Waals surface area contributed by atoms with Crippen LogP contribution in [0.1, 0.15) is 33.3 Å². The third kappa shape index (κ3) is 4.85. The fourth-order valence-corrected chi connectivity index (χ4v) is 2.34. The second-order valence-electron chi connectivity index (χ2n) is 5.45. The van der Waals surface area contributed by atoms with Gasteiger partial charge < -0.3 is 15.0 Å². The zero-order valence-corrected chi connectivity index (χ0v) is 13.1. The van der Waals surface area contributed by atoms with Gasteiger partial charge in [0, 0.05) is 18.6 Å². The molecule has 0 saturated heterocycles. The fourth-order valence-electron chi connectivity index (χ4n) is 2.34. The molecule has 1 amide bonds. The van der Waals surface area contributed by atoms with E-state index in [1.54, 1.807) is 0 Å². The van der Waals surface area contributed by atoms with Crippen molar-refractivity contribution in [1.82, 2.24) is 10.2 Å². The van der Waals surface area contributed by atoms with E-state index in [0.29, 0.717) is 0 Å². The molecule has 0 bridgehead atoms. The Morgan fingerprint density at radius 3 is 2.45 bits per heavy atom. The molecular weight excluding hydrogens is 252 g/mol. The lowest BCUT2D eigenvalue weighted by atomic mass is 10.2. The Hall–Kier alpha value is -1.55. The summed E-state index contributed by atoms with van der Waals surface area (Å²) in [4.78, 5) is 14.0. The van der Waals surface area contributed by atoms with E-state index >= 15 is 0 Å². The molecule has 20 heavy (non-hydrogen) atoms. The molecule has 1 rings (SSSR count). The number of carbonyl (C=O) groups is 1. The maximum atomic E-state index is 12.2. The first-order valence-corrected chi connectivity index (χ1v) is 7.13. The van der Waals surface area contributed by atoms with Crippen molar-refractivity contribution >= 4 is 5.91 Å². The van der Waals surface area contributed by atoms with Crippen LogP contribution in [0.25, 0.3) is 0 Å². The number of amides is 1. The Bertz CT molecular complexity index is 422. The van der Waals surface area contributed by atoms with Crippen LogP contribution in [-0.4, -0.2) is 36.5 Å². The summed E-state index contributed by atoms with van der Waals surface area (Å²) < 4.78 is 5.62.